The maximum Gasteiger partial charge on any atom is 0.358 e. The molecule has 3 aromatic rings. The summed E-state index contributed by atoms with van der Waals surface area (Å²) in [7, 11) is 0. The van der Waals surface area contributed by atoms with E-state index in [1.54, 1.807) is 24.3 Å². The van der Waals surface area contributed by atoms with Crippen molar-refractivity contribution in [1.29, 1.82) is 0 Å². The third-order valence-corrected chi connectivity index (χ3v) is 3.03. The molecule has 3 rings (SSSR count). The minimum Gasteiger partial charge on any atom is -0.476 e. The molecule has 0 aliphatic carbocycles. The van der Waals surface area contributed by atoms with Gasteiger partial charge in [-0.15, -0.1) is 5.10 Å². The summed E-state index contributed by atoms with van der Waals surface area (Å²) in [5.74, 6) is -1.13. The predicted octanol–water partition coefficient (Wildman–Crippen LogP) is 2.21. The van der Waals surface area contributed by atoms with Crippen LogP contribution >= 0.6 is 0 Å². The van der Waals surface area contributed by atoms with Crippen LogP contribution in [0.5, 0.6) is 0 Å². The smallest absolute Gasteiger partial charge is 0.358 e. The lowest BCUT2D eigenvalue weighted by Gasteiger charge is -2.07. The number of aromatic nitrogens is 3. The highest BCUT2D eigenvalue weighted by atomic mass is 16.4. The molecule has 3 N–H and O–H groups in total. The number of nitrogens with two attached hydrogens (primary N) is 1. The van der Waals surface area contributed by atoms with Gasteiger partial charge in [-0.2, -0.15) is 0 Å². The second-order valence-corrected chi connectivity index (χ2v) is 4.46. The molecule has 0 radical (unpaired) electrons. The Hall–Kier alpha value is -3.15. The summed E-state index contributed by atoms with van der Waals surface area (Å²) in [5.41, 5.74) is 8.01. The molecule has 0 spiro atoms. The fraction of sp³-hybridized carbons (Fsp3) is 0. The highest BCUT2D eigenvalue weighted by Gasteiger charge is 2.21. The monoisotopic (exact) mass is 280 g/mol. The topological polar surface area (TPSA) is 94.0 Å². The molecule has 6 nitrogen and oxygen atoms in total. The number of hydrogen-bond donors (Lipinski definition) is 2. The van der Waals surface area contributed by atoms with Gasteiger partial charge in [0.1, 0.15) is 5.69 Å². The Labute approximate surface area is 120 Å². The van der Waals surface area contributed by atoms with Gasteiger partial charge >= 0.3 is 5.97 Å². The van der Waals surface area contributed by atoms with E-state index < -0.39 is 5.97 Å². The van der Waals surface area contributed by atoms with Gasteiger partial charge in [0.2, 0.25) is 0 Å². The SMILES string of the molecule is Nc1cccc(-c2c(C(=O)O)nnn2-c2ccccc2)c1. The minimum atomic E-state index is -1.13. The Bertz CT molecular complexity index is 796. The average Bonchev–Trinajstić information content (AvgIpc) is 2.93. The van der Waals surface area contributed by atoms with E-state index in [2.05, 4.69) is 10.3 Å². The van der Waals surface area contributed by atoms with Crippen LogP contribution in [0.2, 0.25) is 0 Å². The predicted molar refractivity (Wildman–Crippen MR) is 78.2 cm³/mol. The van der Waals surface area contributed by atoms with Crippen LogP contribution in [-0.2, 0) is 0 Å². The van der Waals surface area contributed by atoms with Crippen molar-refractivity contribution in [2.75, 3.05) is 5.73 Å². The van der Waals surface area contributed by atoms with E-state index in [1.807, 2.05) is 30.3 Å². The summed E-state index contributed by atoms with van der Waals surface area (Å²) in [5, 5.41) is 17.0. The van der Waals surface area contributed by atoms with Crippen LogP contribution < -0.4 is 5.73 Å². The highest BCUT2D eigenvalue weighted by molar-refractivity contribution is 5.93. The van der Waals surface area contributed by atoms with Crippen LogP contribution in [0.1, 0.15) is 10.5 Å². The second kappa shape index (κ2) is 5.09. The summed E-state index contributed by atoms with van der Waals surface area (Å²) in [6.07, 6.45) is 0. The summed E-state index contributed by atoms with van der Waals surface area (Å²) < 4.78 is 1.50. The molecule has 6 heteroatoms. The van der Waals surface area contributed by atoms with Crippen molar-refractivity contribution < 1.29 is 9.90 Å². The van der Waals surface area contributed by atoms with E-state index in [-0.39, 0.29) is 5.69 Å². The number of nitrogens with zero attached hydrogens (tertiary/aromatic N) is 3. The third-order valence-electron chi connectivity index (χ3n) is 3.03. The Balaban J connectivity index is 2.26. The van der Waals surface area contributed by atoms with Crippen molar-refractivity contribution in [2.45, 2.75) is 0 Å². The number of para-hydroxylation sites is 1. The molecule has 0 amide bonds. The number of nitrogen functional groups attached to an aromatic ring is 1. The quantitative estimate of drug-likeness (QED) is 0.717. The molecule has 2 aromatic carbocycles. The highest BCUT2D eigenvalue weighted by Crippen LogP contribution is 2.26. The van der Waals surface area contributed by atoms with Gasteiger partial charge in [-0.25, -0.2) is 9.48 Å². The lowest BCUT2D eigenvalue weighted by atomic mass is 10.1. The minimum absolute atomic E-state index is 0.107. The molecule has 21 heavy (non-hydrogen) atoms. The maximum atomic E-state index is 11.4. The van der Waals surface area contributed by atoms with Gasteiger partial charge in [-0.05, 0) is 24.3 Å². The lowest BCUT2D eigenvalue weighted by molar-refractivity contribution is 0.0691. The molecule has 1 heterocycles. The van der Waals surface area contributed by atoms with E-state index in [4.69, 9.17) is 5.73 Å². The standard InChI is InChI=1S/C15H12N4O2/c16-11-6-4-5-10(9-11)14-13(15(20)21)17-18-19(14)12-7-2-1-3-8-12/h1-9H,16H2,(H,20,21). The molecule has 0 atom stereocenters. The number of rotatable bonds is 3. The number of aromatic carboxylic acids is 1. The first-order chi connectivity index (χ1) is 10.2. The zero-order chi connectivity index (χ0) is 14.8. The molecule has 1 aromatic heterocycles. The Kier molecular flexibility index (Phi) is 3.12. The van der Waals surface area contributed by atoms with Crippen molar-refractivity contribution in [2.24, 2.45) is 0 Å². The first kappa shape index (κ1) is 12.9. The van der Waals surface area contributed by atoms with Crippen molar-refractivity contribution in [3.63, 3.8) is 0 Å². The van der Waals surface area contributed by atoms with Crippen LogP contribution in [0.15, 0.2) is 54.6 Å². The van der Waals surface area contributed by atoms with Gasteiger partial charge < -0.3 is 10.8 Å². The Morgan fingerprint density at radius 2 is 1.86 bits per heavy atom. The van der Waals surface area contributed by atoms with Crippen molar-refractivity contribution >= 4 is 11.7 Å². The molecule has 0 bridgehead atoms. The summed E-state index contributed by atoms with van der Waals surface area (Å²) >= 11 is 0. The van der Waals surface area contributed by atoms with Gasteiger partial charge in [0, 0.05) is 11.3 Å². The Morgan fingerprint density at radius 1 is 1.10 bits per heavy atom. The molecule has 0 fully saturated rings. The van der Waals surface area contributed by atoms with Gasteiger partial charge in [-0.3, -0.25) is 0 Å². The number of benzene rings is 2. The van der Waals surface area contributed by atoms with E-state index in [1.165, 1.54) is 4.68 Å². The van der Waals surface area contributed by atoms with Crippen LogP contribution in [0.4, 0.5) is 5.69 Å². The first-order valence-electron chi connectivity index (χ1n) is 6.27. The van der Waals surface area contributed by atoms with Crippen molar-refractivity contribution in [3.05, 3.63) is 60.3 Å². The molecular formula is C15H12N4O2. The molecule has 0 unspecified atom stereocenters. The summed E-state index contributed by atoms with van der Waals surface area (Å²) in [4.78, 5) is 11.4. The van der Waals surface area contributed by atoms with Gasteiger partial charge in [0.05, 0.1) is 5.69 Å². The summed E-state index contributed by atoms with van der Waals surface area (Å²) in [6.45, 7) is 0. The van der Waals surface area contributed by atoms with Crippen LogP contribution in [0.25, 0.3) is 16.9 Å². The normalized spacial score (nSPS) is 10.5. The zero-order valence-corrected chi connectivity index (χ0v) is 11.0. The fourth-order valence-electron chi connectivity index (χ4n) is 2.12. The molecule has 0 saturated heterocycles. The van der Waals surface area contributed by atoms with Crippen LogP contribution in [0.3, 0.4) is 0 Å². The van der Waals surface area contributed by atoms with Gasteiger partial charge in [0.15, 0.2) is 5.69 Å². The molecule has 104 valence electrons. The zero-order valence-electron chi connectivity index (χ0n) is 11.0. The molecule has 0 aliphatic rings. The van der Waals surface area contributed by atoms with E-state index in [0.29, 0.717) is 16.9 Å². The molecule has 0 aliphatic heterocycles. The first-order valence-corrected chi connectivity index (χ1v) is 6.27. The maximum absolute atomic E-state index is 11.4. The summed E-state index contributed by atoms with van der Waals surface area (Å²) in [6, 6.07) is 16.2. The van der Waals surface area contributed by atoms with Gasteiger partial charge in [0.25, 0.3) is 0 Å². The van der Waals surface area contributed by atoms with Crippen molar-refractivity contribution in [1.82, 2.24) is 15.0 Å². The Morgan fingerprint density at radius 3 is 2.52 bits per heavy atom. The van der Waals surface area contributed by atoms with E-state index >= 15 is 0 Å². The molecular weight excluding hydrogens is 268 g/mol. The van der Waals surface area contributed by atoms with Crippen LogP contribution in [-0.4, -0.2) is 26.1 Å². The number of carboxylic acid groups (broad SMARTS) is 1. The fourth-order valence-corrected chi connectivity index (χ4v) is 2.12. The van der Waals surface area contributed by atoms with E-state index in [0.717, 1.165) is 5.69 Å². The second-order valence-electron chi connectivity index (χ2n) is 4.46. The third kappa shape index (κ3) is 2.34. The number of hydrogen-bond acceptors (Lipinski definition) is 4. The van der Waals surface area contributed by atoms with Gasteiger partial charge in [-0.1, -0.05) is 35.5 Å². The van der Waals surface area contributed by atoms with Crippen molar-refractivity contribution in [3.8, 4) is 16.9 Å². The van der Waals surface area contributed by atoms with Crippen LogP contribution in [0, 0.1) is 0 Å². The number of carbonyl (C=O) groups is 1. The average molecular weight is 280 g/mol. The van der Waals surface area contributed by atoms with E-state index in [9.17, 15) is 9.90 Å². The molecule has 0 saturated carbocycles. The lowest BCUT2D eigenvalue weighted by Crippen LogP contribution is -2.03. The number of carboxylic acids is 1. The largest absolute Gasteiger partial charge is 0.476 e. The number of anilines is 1.